The molecule has 3 rings (SSSR count). The second-order valence-corrected chi connectivity index (χ2v) is 6.15. The van der Waals surface area contributed by atoms with Gasteiger partial charge in [-0.05, 0) is 59.0 Å². The van der Waals surface area contributed by atoms with Crippen LogP contribution in [0.2, 0.25) is 0 Å². The number of nitrogen functional groups attached to an aromatic ring is 1. The lowest BCUT2D eigenvalue weighted by Crippen LogP contribution is -1.98. The van der Waals surface area contributed by atoms with Crippen molar-refractivity contribution in [1.29, 1.82) is 0 Å². The van der Waals surface area contributed by atoms with Gasteiger partial charge >= 0.3 is 5.97 Å². The van der Waals surface area contributed by atoms with Crippen LogP contribution in [0, 0.1) is 0 Å². The molecule has 0 heterocycles. The molecule has 4 nitrogen and oxygen atoms in total. The molecule has 0 spiro atoms. The summed E-state index contributed by atoms with van der Waals surface area (Å²) in [5.74, 6) is -0.0201. The largest absolute Gasteiger partial charge is 0.489 e. The van der Waals surface area contributed by atoms with E-state index < -0.39 is 5.97 Å². The highest BCUT2D eigenvalue weighted by Crippen LogP contribution is 2.22. The second-order valence-electron chi connectivity index (χ2n) is 6.15. The van der Waals surface area contributed by atoms with Crippen molar-refractivity contribution in [1.82, 2.24) is 0 Å². The molecular formula is C22H21NO3. The normalized spacial score (nSPS) is 10.5. The Kier molecular flexibility index (Phi) is 5.54. The Bertz CT molecular complexity index is 871. The lowest BCUT2D eigenvalue weighted by Gasteiger charge is -2.09. The zero-order chi connectivity index (χ0) is 18.4. The molecular weight excluding hydrogens is 326 g/mol. The fourth-order valence-corrected chi connectivity index (χ4v) is 2.69. The van der Waals surface area contributed by atoms with Crippen molar-refractivity contribution in [2.45, 2.75) is 19.4 Å². The Labute approximate surface area is 152 Å². The summed E-state index contributed by atoms with van der Waals surface area (Å²) in [7, 11) is 0. The van der Waals surface area contributed by atoms with Gasteiger partial charge in [-0.25, -0.2) is 0 Å². The molecule has 0 unspecified atom stereocenters. The Morgan fingerprint density at radius 3 is 2.31 bits per heavy atom. The van der Waals surface area contributed by atoms with Gasteiger partial charge in [-0.1, -0.05) is 42.5 Å². The zero-order valence-electron chi connectivity index (χ0n) is 14.4. The van der Waals surface area contributed by atoms with Crippen LogP contribution >= 0.6 is 0 Å². The molecule has 0 saturated carbocycles. The van der Waals surface area contributed by atoms with Gasteiger partial charge in [0.15, 0.2) is 0 Å². The predicted molar refractivity (Wildman–Crippen MR) is 103 cm³/mol. The molecule has 0 amide bonds. The third-order valence-electron chi connectivity index (χ3n) is 4.13. The standard InChI is InChI=1S/C22H21NO3/c23-20-9-7-18(8-10-20)19-3-1-2-17(14-19)15-26-21-11-4-16(5-12-21)6-13-22(24)25/h1-5,7-12,14H,6,13,15,23H2,(H,24,25). The average Bonchev–Trinajstić information content (AvgIpc) is 2.66. The Morgan fingerprint density at radius 2 is 1.62 bits per heavy atom. The molecule has 26 heavy (non-hydrogen) atoms. The van der Waals surface area contributed by atoms with Crippen LogP contribution in [-0.2, 0) is 17.8 Å². The zero-order valence-corrected chi connectivity index (χ0v) is 14.4. The lowest BCUT2D eigenvalue weighted by molar-refractivity contribution is -0.136. The van der Waals surface area contributed by atoms with Crippen molar-refractivity contribution in [3.05, 3.63) is 83.9 Å². The first kappa shape index (κ1) is 17.5. The molecule has 0 fully saturated rings. The highest BCUT2D eigenvalue weighted by Gasteiger charge is 2.02. The van der Waals surface area contributed by atoms with Gasteiger partial charge in [-0.15, -0.1) is 0 Å². The number of rotatable bonds is 7. The number of hydrogen-bond donors (Lipinski definition) is 2. The van der Waals surface area contributed by atoms with Gasteiger partial charge in [-0.3, -0.25) is 4.79 Å². The molecule has 4 heteroatoms. The molecule has 3 aromatic carbocycles. The molecule has 0 aliphatic heterocycles. The minimum Gasteiger partial charge on any atom is -0.489 e. The molecule has 0 aliphatic carbocycles. The van der Waals surface area contributed by atoms with Crippen molar-refractivity contribution in [3.63, 3.8) is 0 Å². The first-order chi connectivity index (χ1) is 12.6. The van der Waals surface area contributed by atoms with Crippen molar-refractivity contribution < 1.29 is 14.6 Å². The SMILES string of the molecule is Nc1ccc(-c2cccc(COc3ccc(CCC(=O)O)cc3)c2)cc1. The van der Waals surface area contributed by atoms with Crippen LogP contribution in [0.4, 0.5) is 5.69 Å². The Hall–Kier alpha value is -3.27. The summed E-state index contributed by atoms with van der Waals surface area (Å²) < 4.78 is 5.85. The summed E-state index contributed by atoms with van der Waals surface area (Å²) in [6.45, 7) is 0.470. The van der Waals surface area contributed by atoms with Gasteiger partial charge in [-0.2, -0.15) is 0 Å². The Morgan fingerprint density at radius 1 is 0.885 bits per heavy atom. The van der Waals surface area contributed by atoms with Crippen LogP contribution in [-0.4, -0.2) is 11.1 Å². The van der Waals surface area contributed by atoms with Crippen LogP contribution in [0.15, 0.2) is 72.8 Å². The number of aryl methyl sites for hydroxylation is 1. The van der Waals surface area contributed by atoms with Crippen molar-refractivity contribution in [2.75, 3.05) is 5.73 Å². The number of aliphatic carboxylic acids is 1. The average molecular weight is 347 g/mol. The number of carboxylic acid groups (broad SMARTS) is 1. The van der Waals surface area contributed by atoms with E-state index in [9.17, 15) is 4.79 Å². The molecule has 0 aromatic heterocycles. The van der Waals surface area contributed by atoms with E-state index in [1.807, 2.05) is 60.7 Å². The van der Waals surface area contributed by atoms with Crippen LogP contribution in [0.1, 0.15) is 17.5 Å². The summed E-state index contributed by atoms with van der Waals surface area (Å²) in [6, 6.07) is 23.6. The van der Waals surface area contributed by atoms with Crippen LogP contribution in [0.3, 0.4) is 0 Å². The highest BCUT2D eigenvalue weighted by atomic mass is 16.5. The van der Waals surface area contributed by atoms with Crippen LogP contribution < -0.4 is 10.5 Å². The number of benzene rings is 3. The smallest absolute Gasteiger partial charge is 0.303 e. The third kappa shape index (κ3) is 4.86. The van der Waals surface area contributed by atoms with Gasteiger partial charge in [0, 0.05) is 12.1 Å². The number of nitrogens with two attached hydrogens (primary N) is 1. The molecule has 132 valence electrons. The minimum atomic E-state index is -0.786. The van der Waals surface area contributed by atoms with E-state index in [-0.39, 0.29) is 6.42 Å². The predicted octanol–water partition coefficient (Wildman–Crippen LogP) is 4.53. The maximum Gasteiger partial charge on any atom is 0.303 e. The number of carboxylic acids is 1. The van der Waals surface area contributed by atoms with E-state index in [1.165, 1.54) is 0 Å². The monoisotopic (exact) mass is 347 g/mol. The van der Waals surface area contributed by atoms with Gasteiger partial charge < -0.3 is 15.6 Å². The van der Waals surface area contributed by atoms with Crippen molar-refractivity contribution >= 4 is 11.7 Å². The van der Waals surface area contributed by atoms with Crippen LogP contribution in [0.25, 0.3) is 11.1 Å². The summed E-state index contributed by atoms with van der Waals surface area (Å²) in [5, 5.41) is 8.73. The first-order valence-corrected chi connectivity index (χ1v) is 8.48. The highest BCUT2D eigenvalue weighted by molar-refractivity contribution is 5.67. The summed E-state index contributed by atoms with van der Waals surface area (Å²) in [5.41, 5.74) is 10.8. The minimum absolute atomic E-state index is 0.137. The van der Waals surface area contributed by atoms with E-state index in [1.54, 1.807) is 0 Å². The van der Waals surface area contributed by atoms with Gasteiger partial charge in [0.05, 0.1) is 0 Å². The number of hydrogen-bond acceptors (Lipinski definition) is 3. The maximum absolute atomic E-state index is 10.6. The van der Waals surface area contributed by atoms with E-state index in [0.717, 1.165) is 33.7 Å². The topological polar surface area (TPSA) is 72.5 Å². The second kappa shape index (κ2) is 8.21. The molecule has 3 aromatic rings. The third-order valence-corrected chi connectivity index (χ3v) is 4.13. The van der Waals surface area contributed by atoms with Crippen LogP contribution in [0.5, 0.6) is 5.75 Å². The summed E-state index contributed by atoms with van der Waals surface area (Å²) in [4.78, 5) is 10.6. The van der Waals surface area contributed by atoms with E-state index in [4.69, 9.17) is 15.6 Å². The molecule has 0 atom stereocenters. The summed E-state index contributed by atoms with van der Waals surface area (Å²) in [6.07, 6.45) is 0.664. The summed E-state index contributed by atoms with van der Waals surface area (Å²) >= 11 is 0. The van der Waals surface area contributed by atoms with Crippen molar-refractivity contribution in [2.24, 2.45) is 0 Å². The maximum atomic E-state index is 10.6. The number of carbonyl (C=O) groups is 1. The number of anilines is 1. The quantitative estimate of drug-likeness (QED) is 0.616. The van der Waals surface area contributed by atoms with E-state index in [2.05, 4.69) is 12.1 Å². The molecule has 3 N–H and O–H groups in total. The van der Waals surface area contributed by atoms with E-state index in [0.29, 0.717) is 13.0 Å². The molecule has 0 aliphatic rings. The van der Waals surface area contributed by atoms with Crippen molar-refractivity contribution in [3.8, 4) is 16.9 Å². The fraction of sp³-hybridized carbons (Fsp3) is 0.136. The van der Waals surface area contributed by atoms with Gasteiger partial charge in [0.2, 0.25) is 0 Å². The molecule has 0 saturated heterocycles. The van der Waals surface area contributed by atoms with Gasteiger partial charge in [0.25, 0.3) is 0 Å². The molecule has 0 radical (unpaired) electrons. The first-order valence-electron chi connectivity index (χ1n) is 8.48. The molecule has 0 bridgehead atoms. The lowest BCUT2D eigenvalue weighted by atomic mass is 10.0. The Balaban J connectivity index is 1.62. The van der Waals surface area contributed by atoms with E-state index >= 15 is 0 Å². The number of ether oxygens (including phenoxy) is 1. The fourth-order valence-electron chi connectivity index (χ4n) is 2.69. The van der Waals surface area contributed by atoms with Gasteiger partial charge in [0.1, 0.15) is 12.4 Å².